The maximum Gasteiger partial charge on any atom is 0.573 e. The SMILES string of the molecule is CCCC(C)[C@@H](c1ccc(OC(F)(F)F)cc1)N1CCNCC1. The summed E-state index contributed by atoms with van der Waals surface area (Å²) in [5.41, 5.74) is 1.06. The highest BCUT2D eigenvalue weighted by molar-refractivity contribution is 5.30. The number of nitrogens with one attached hydrogen (secondary N) is 1. The fourth-order valence-electron chi connectivity index (χ4n) is 3.34. The number of alkyl halides is 3. The third kappa shape index (κ3) is 5.39. The number of hydrogen-bond donors (Lipinski definition) is 1. The Labute approximate surface area is 135 Å². The highest BCUT2D eigenvalue weighted by atomic mass is 19.4. The summed E-state index contributed by atoms with van der Waals surface area (Å²) in [5.74, 6) is 0.288. The third-order valence-corrected chi connectivity index (χ3v) is 4.28. The molecule has 1 aromatic carbocycles. The Morgan fingerprint density at radius 1 is 1.17 bits per heavy atom. The second-order valence-corrected chi connectivity index (χ2v) is 6.11. The van der Waals surface area contributed by atoms with Gasteiger partial charge >= 0.3 is 6.36 Å². The van der Waals surface area contributed by atoms with Crippen LogP contribution in [0.2, 0.25) is 0 Å². The van der Waals surface area contributed by atoms with Crippen LogP contribution in [-0.2, 0) is 0 Å². The van der Waals surface area contributed by atoms with Gasteiger partial charge in [0.15, 0.2) is 0 Å². The van der Waals surface area contributed by atoms with Crippen molar-refractivity contribution in [3.8, 4) is 5.75 Å². The first kappa shape index (κ1) is 18.1. The molecule has 0 aromatic heterocycles. The molecule has 6 heteroatoms. The van der Waals surface area contributed by atoms with E-state index in [1.54, 1.807) is 12.1 Å². The molecule has 0 spiro atoms. The van der Waals surface area contributed by atoms with E-state index in [0.29, 0.717) is 5.92 Å². The fraction of sp³-hybridized carbons (Fsp3) is 0.647. The molecule has 0 bridgehead atoms. The summed E-state index contributed by atoms with van der Waals surface area (Å²) in [6, 6.07) is 6.59. The molecule has 1 unspecified atom stereocenters. The summed E-state index contributed by atoms with van der Waals surface area (Å²) >= 11 is 0. The number of halogens is 3. The lowest BCUT2D eigenvalue weighted by molar-refractivity contribution is -0.274. The Kier molecular flexibility index (Phi) is 6.30. The van der Waals surface area contributed by atoms with Gasteiger partial charge in [-0.05, 0) is 30.0 Å². The maximum absolute atomic E-state index is 12.3. The average Bonchev–Trinajstić information content (AvgIpc) is 2.49. The van der Waals surface area contributed by atoms with Crippen LogP contribution in [-0.4, -0.2) is 37.4 Å². The van der Waals surface area contributed by atoms with Crippen LogP contribution in [0.15, 0.2) is 24.3 Å². The molecule has 23 heavy (non-hydrogen) atoms. The lowest BCUT2D eigenvalue weighted by atomic mass is 9.89. The van der Waals surface area contributed by atoms with Crippen LogP contribution in [0.1, 0.15) is 38.3 Å². The van der Waals surface area contributed by atoms with Crippen LogP contribution in [0.4, 0.5) is 13.2 Å². The Hall–Kier alpha value is -1.27. The van der Waals surface area contributed by atoms with Gasteiger partial charge in [-0.25, -0.2) is 0 Å². The van der Waals surface area contributed by atoms with Crippen LogP contribution in [0.5, 0.6) is 5.75 Å². The molecule has 0 radical (unpaired) electrons. The number of rotatable bonds is 6. The average molecular weight is 330 g/mol. The number of piperazine rings is 1. The topological polar surface area (TPSA) is 24.5 Å². The molecule has 0 amide bonds. The zero-order chi connectivity index (χ0) is 16.9. The van der Waals surface area contributed by atoms with Crippen LogP contribution < -0.4 is 10.1 Å². The molecular weight excluding hydrogens is 305 g/mol. The molecule has 0 aliphatic carbocycles. The van der Waals surface area contributed by atoms with Crippen LogP contribution >= 0.6 is 0 Å². The molecule has 3 nitrogen and oxygen atoms in total. The zero-order valence-electron chi connectivity index (χ0n) is 13.7. The molecule has 1 N–H and O–H groups in total. The summed E-state index contributed by atoms with van der Waals surface area (Å²) < 4.78 is 40.8. The smallest absolute Gasteiger partial charge is 0.406 e. The molecule has 1 aliphatic heterocycles. The van der Waals surface area contributed by atoms with E-state index in [1.807, 2.05) is 0 Å². The van der Waals surface area contributed by atoms with Crippen molar-refractivity contribution in [1.82, 2.24) is 10.2 Å². The Balaban J connectivity index is 2.17. The molecular formula is C17H25F3N2O. The fourth-order valence-corrected chi connectivity index (χ4v) is 3.34. The lowest BCUT2D eigenvalue weighted by Gasteiger charge is -2.38. The molecule has 2 rings (SSSR count). The van der Waals surface area contributed by atoms with E-state index < -0.39 is 6.36 Å². The predicted molar refractivity (Wildman–Crippen MR) is 84.4 cm³/mol. The molecule has 1 fully saturated rings. The number of hydrogen-bond acceptors (Lipinski definition) is 3. The van der Waals surface area contributed by atoms with E-state index in [-0.39, 0.29) is 11.8 Å². The summed E-state index contributed by atoms with van der Waals surface area (Å²) in [6.45, 7) is 8.19. The van der Waals surface area contributed by atoms with E-state index >= 15 is 0 Å². The van der Waals surface area contributed by atoms with Crippen LogP contribution in [0.25, 0.3) is 0 Å². The summed E-state index contributed by atoms with van der Waals surface area (Å²) in [6.07, 6.45) is -2.45. The van der Waals surface area contributed by atoms with Crippen molar-refractivity contribution in [2.75, 3.05) is 26.2 Å². The zero-order valence-corrected chi connectivity index (χ0v) is 13.7. The Morgan fingerprint density at radius 3 is 2.30 bits per heavy atom. The van der Waals surface area contributed by atoms with E-state index in [1.165, 1.54) is 12.1 Å². The lowest BCUT2D eigenvalue weighted by Crippen LogP contribution is -2.46. The van der Waals surface area contributed by atoms with Crippen molar-refractivity contribution in [3.05, 3.63) is 29.8 Å². The van der Waals surface area contributed by atoms with Gasteiger partial charge in [-0.3, -0.25) is 4.90 Å². The monoisotopic (exact) mass is 330 g/mol. The van der Waals surface area contributed by atoms with Gasteiger partial charge in [0.2, 0.25) is 0 Å². The molecule has 130 valence electrons. The van der Waals surface area contributed by atoms with Gasteiger partial charge in [0.1, 0.15) is 5.75 Å². The Bertz CT molecular complexity index is 470. The van der Waals surface area contributed by atoms with Gasteiger partial charge in [0.05, 0.1) is 0 Å². The van der Waals surface area contributed by atoms with Crippen LogP contribution in [0.3, 0.4) is 0 Å². The van der Waals surface area contributed by atoms with E-state index in [2.05, 4.69) is 28.8 Å². The first-order valence-corrected chi connectivity index (χ1v) is 8.21. The summed E-state index contributed by atoms with van der Waals surface area (Å²) in [7, 11) is 0. The van der Waals surface area contributed by atoms with E-state index in [4.69, 9.17) is 0 Å². The molecule has 1 heterocycles. The minimum Gasteiger partial charge on any atom is -0.406 e. The van der Waals surface area contributed by atoms with E-state index in [9.17, 15) is 13.2 Å². The van der Waals surface area contributed by atoms with Crippen molar-refractivity contribution in [1.29, 1.82) is 0 Å². The van der Waals surface area contributed by atoms with Crippen molar-refractivity contribution >= 4 is 0 Å². The van der Waals surface area contributed by atoms with E-state index in [0.717, 1.165) is 44.6 Å². The maximum atomic E-state index is 12.3. The molecule has 1 aromatic rings. The second kappa shape index (κ2) is 8.02. The van der Waals surface area contributed by atoms with Crippen molar-refractivity contribution in [2.45, 2.75) is 39.1 Å². The first-order chi connectivity index (χ1) is 10.9. The van der Waals surface area contributed by atoms with Gasteiger partial charge in [-0.2, -0.15) is 0 Å². The summed E-state index contributed by atoms with van der Waals surface area (Å²) in [4.78, 5) is 2.43. The molecule has 0 saturated carbocycles. The van der Waals surface area contributed by atoms with Crippen LogP contribution in [0, 0.1) is 5.92 Å². The first-order valence-electron chi connectivity index (χ1n) is 8.21. The summed E-state index contributed by atoms with van der Waals surface area (Å²) in [5, 5.41) is 3.34. The van der Waals surface area contributed by atoms with Gasteiger partial charge in [0, 0.05) is 32.2 Å². The highest BCUT2D eigenvalue weighted by Crippen LogP contribution is 2.33. The second-order valence-electron chi connectivity index (χ2n) is 6.11. The molecule has 1 aliphatic rings. The quantitative estimate of drug-likeness (QED) is 0.854. The standard InChI is InChI=1S/C17H25F3N2O/c1-3-4-13(2)16(22-11-9-21-10-12-22)14-5-7-15(8-6-14)23-17(18,19)20/h5-8,13,16,21H,3-4,9-12H2,1-2H3/t13?,16-/m0/s1. The largest absolute Gasteiger partial charge is 0.573 e. The number of nitrogens with zero attached hydrogens (tertiary/aromatic N) is 1. The highest BCUT2D eigenvalue weighted by Gasteiger charge is 2.31. The normalized spacial score (nSPS) is 19.3. The number of ether oxygens (including phenoxy) is 1. The predicted octanol–water partition coefficient (Wildman–Crippen LogP) is 3.97. The number of benzene rings is 1. The molecule has 1 saturated heterocycles. The minimum absolute atomic E-state index is 0.163. The minimum atomic E-state index is -4.64. The van der Waals surface area contributed by atoms with Gasteiger partial charge in [-0.15, -0.1) is 13.2 Å². The molecule has 2 atom stereocenters. The van der Waals surface area contributed by atoms with Gasteiger partial charge in [-0.1, -0.05) is 32.4 Å². The van der Waals surface area contributed by atoms with Crippen molar-refractivity contribution in [2.24, 2.45) is 5.92 Å². The van der Waals surface area contributed by atoms with Crippen molar-refractivity contribution in [3.63, 3.8) is 0 Å². The van der Waals surface area contributed by atoms with Gasteiger partial charge < -0.3 is 10.1 Å². The van der Waals surface area contributed by atoms with Gasteiger partial charge in [0.25, 0.3) is 0 Å². The van der Waals surface area contributed by atoms with Crippen molar-refractivity contribution < 1.29 is 17.9 Å². The Morgan fingerprint density at radius 2 is 1.78 bits per heavy atom. The third-order valence-electron chi connectivity index (χ3n) is 4.28.